The van der Waals surface area contributed by atoms with Crippen LogP contribution in [0.3, 0.4) is 0 Å². The van der Waals surface area contributed by atoms with Gasteiger partial charge in [-0.05, 0) is 51.6 Å². The fourth-order valence-electron chi connectivity index (χ4n) is 1.41. The van der Waals surface area contributed by atoms with E-state index in [4.69, 9.17) is 4.74 Å². The molecule has 4 heteroatoms. The normalized spacial score (nSPS) is 12.5. The predicted molar refractivity (Wildman–Crippen MR) is 67.4 cm³/mol. The van der Waals surface area contributed by atoms with Crippen LogP contribution in [0.15, 0.2) is 22.7 Å². The summed E-state index contributed by atoms with van der Waals surface area (Å²) in [5.41, 5.74) is 0. The molecule has 0 spiro atoms. The van der Waals surface area contributed by atoms with Crippen LogP contribution < -0.4 is 10.1 Å². The first-order valence-corrected chi connectivity index (χ1v) is 6.19. The summed E-state index contributed by atoms with van der Waals surface area (Å²) in [6.45, 7) is 2.91. The van der Waals surface area contributed by atoms with E-state index in [-0.39, 0.29) is 11.9 Å². The van der Waals surface area contributed by atoms with Crippen molar-refractivity contribution in [1.82, 2.24) is 5.32 Å². The maximum Gasteiger partial charge on any atom is 0.165 e. The molecule has 1 unspecified atom stereocenters. The molecule has 0 amide bonds. The molecule has 0 saturated heterocycles. The molecular formula is C12H17BrFNO. The zero-order chi connectivity index (χ0) is 12.0. The minimum Gasteiger partial charge on any atom is -0.488 e. The summed E-state index contributed by atoms with van der Waals surface area (Å²) in [5, 5.41) is 3.07. The monoisotopic (exact) mass is 289 g/mol. The summed E-state index contributed by atoms with van der Waals surface area (Å²) < 4.78 is 19.7. The fraction of sp³-hybridized carbons (Fsp3) is 0.500. The van der Waals surface area contributed by atoms with Crippen LogP contribution in [0.5, 0.6) is 5.75 Å². The molecule has 1 atom stereocenters. The molecule has 0 heterocycles. The van der Waals surface area contributed by atoms with Crippen LogP contribution in [0.4, 0.5) is 4.39 Å². The molecule has 0 aromatic heterocycles. The van der Waals surface area contributed by atoms with Gasteiger partial charge in [0.15, 0.2) is 11.6 Å². The molecule has 16 heavy (non-hydrogen) atoms. The van der Waals surface area contributed by atoms with E-state index in [1.54, 1.807) is 12.1 Å². The maximum absolute atomic E-state index is 13.4. The van der Waals surface area contributed by atoms with Gasteiger partial charge in [0.05, 0.1) is 6.10 Å². The number of ether oxygens (including phenoxy) is 1. The number of nitrogens with one attached hydrogen (secondary N) is 1. The van der Waals surface area contributed by atoms with E-state index in [9.17, 15) is 4.39 Å². The van der Waals surface area contributed by atoms with E-state index in [0.717, 1.165) is 23.9 Å². The number of rotatable bonds is 6. The molecule has 1 N–H and O–H groups in total. The van der Waals surface area contributed by atoms with Crippen molar-refractivity contribution in [2.45, 2.75) is 25.9 Å². The standard InChI is InChI=1S/C12H17BrFNO/c1-9(4-3-7-15-2)16-12-8-10(13)5-6-11(12)14/h5-6,8-9,15H,3-4,7H2,1-2H3. The summed E-state index contributed by atoms with van der Waals surface area (Å²) in [5.74, 6) is -0.00463. The number of hydrogen-bond donors (Lipinski definition) is 1. The lowest BCUT2D eigenvalue weighted by Crippen LogP contribution is -2.16. The molecule has 0 aliphatic heterocycles. The van der Waals surface area contributed by atoms with Gasteiger partial charge in [-0.2, -0.15) is 0 Å². The molecule has 0 radical (unpaired) electrons. The maximum atomic E-state index is 13.4. The molecule has 0 saturated carbocycles. The van der Waals surface area contributed by atoms with Gasteiger partial charge in [0.25, 0.3) is 0 Å². The van der Waals surface area contributed by atoms with Gasteiger partial charge in [-0.25, -0.2) is 4.39 Å². The highest BCUT2D eigenvalue weighted by Crippen LogP contribution is 2.23. The van der Waals surface area contributed by atoms with Crippen molar-refractivity contribution in [3.63, 3.8) is 0 Å². The Kier molecular flexibility index (Phi) is 5.77. The molecule has 2 nitrogen and oxygen atoms in total. The molecule has 1 aromatic rings. The lowest BCUT2D eigenvalue weighted by atomic mass is 10.2. The molecule has 1 aromatic carbocycles. The van der Waals surface area contributed by atoms with E-state index in [2.05, 4.69) is 21.2 Å². The van der Waals surface area contributed by atoms with Crippen molar-refractivity contribution in [3.8, 4) is 5.75 Å². The van der Waals surface area contributed by atoms with Crippen LogP contribution in [0.25, 0.3) is 0 Å². The molecule has 0 aliphatic rings. The Hall–Kier alpha value is -0.610. The third kappa shape index (κ3) is 4.49. The van der Waals surface area contributed by atoms with Gasteiger partial charge in [-0.1, -0.05) is 15.9 Å². The van der Waals surface area contributed by atoms with Gasteiger partial charge < -0.3 is 10.1 Å². The van der Waals surface area contributed by atoms with E-state index < -0.39 is 0 Å². The Balaban J connectivity index is 2.48. The van der Waals surface area contributed by atoms with Gasteiger partial charge in [0.2, 0.25) is 0 Å². The van der Waals surface area contributed by atoms with Gasteiger partial charge in [-0.15, -0.1) is 0 Å². The average molecular weight is 290 g/mol. The van der Waals surface area contributed by atoms with Gasteiger partial charge in [-0.3, -0.25) is 0 Å². The van der Waals surface area contributed by atoms with Crippen molar-refractivity contribution in [2.24, 2.45) is 0 Å². The first kappa shape index (κ1) is 13.5. The Labute approximate surface area is 104 Å². The molecular weight excluding hydrogens is 273 g/mol. The molecule has 1 rings (SSSR count). The summed E-state index contributed by atoms with van der Waals surface area (Å²) in [7, 11) is 1.92. The topological polar surface area (TPSA) is 21.3 Å². The molecule has 0 aliphatic carbocycles. The van der Waals surface area contributed by atoms with Crippen molar-refractivity contribution in [2.75, 3.05) is 13.6 Å². The molecule has 0 fully saturated rings. The van der Waals surface area contributed by atoms with E-state index >= 15 is 0 Å². The van der Waals surface area contributed by atoms with Crippen LogP contribution in [0, 0.1) is 5.82 Å². The largest absolute Gasteiger partial charge is 0.488 e. The van der Waals surface area contributed by atoms with Gasteiger partial charge in [0.1, 0.15) is 0 Å². The second-order valence-electron chi connectivity index (χ2n) is 3.75. The highest BCUT2D eigenvalue weighted by atomic mass is 79.9. The quantitative estimate of drug-likeness (QED) is 0.811. The molecule has 0 bridgehead atoms. The van der Waals surface area contributed by atoms with Gasteiger partial charge >= 0.3 is 0 Å². The Morgan fingerprint density at radius 3 is 2.94 bits per heavy atom. The minimum atomic E-state index is -0.316. The smallest absolute Gasteiger partial charge is 0.165 e. The van der Waals surface area contributed by atoms with Crippen LogP contribution in [-0.4, -0.2) is 19.7 Å². The van der Waals surface area contributed by atoms with Crippen LogP contribution in [0.1, 0.15) is 19.8 Å². The zero-order valence-electron chi connectivity index (χ0n) is 9.59. The predicted octanol–water partition coefficient (Wildman–Crippen LogP) is 3.36. The zero-order valence-corrected chi connectivity index (χ0v) is 11.2. The van der Waals surface area contributed by atoms with Crippen molar-refractivity contribution < 1.29 is 9.13 Å². The highest BCUT2D eigenvalue weighted by molar-refractivity contribution is 9.10. The van der Waals surface area contributed by atoms with E-state index in [1.807, 2.05) is 14.0 Å². The van der Waals surface area contributed by atoms with Crippen molar-refractivity contribution in [1.29, 1.82) is 0 Å². The van der Waals surface area contributed by atoms with Gasteiger partial charge in [0, 0.05) is 4.47 Å². The Bertz CT molecular complexity index is 333. The number of halogens is 2. The Morgan fingerprint density at radius 2 is 2.25 bits per heavy atom. The summed E-state index contributed by atoms with van der Waals surface area (Å²) in [6, 6.07) is 4.72. The average Bonchev–Trinajstić information content (AvgIpc) is 2.24. The van der Waals surface area contributed by atoms with E-state index in [1.165, 1.54) is 6.07 Å². The van der Waals surface area contributed by atoms with Crippen LogP contribution in [0.2, 0.25) is 0 Å². The van der Waals surface area contributed by atoms with Crippen LogP contribution >= 0.6 is 15.9 Å². The second-order valence-corrected chi connectivity index (χ2v) is 4.66. The van der Waals surface area contributed by atoms with Crippen molar-refractivity contribution >= 4 is 15.9 Å². The summed E-state index contributed by atoms with van der Waals surface area (Å²) in [6.07, 6.45) is 1.96. The fourth-order valence-corrected chi connectivity index (χ4v) is 1.75. The second kappa shape index (κ2) is 6.86. The third-order valence-electron chi connectivity index (χ3n) is 2.26. The lowest BCUT2D eigenvalue weighted by Gasteiger charge is -2.15. The lowest BCUT2D eigenvalue weighted by molar-refractivity contribution is 0.199. The number of hydrogen-bond acceptors (Lipinski definition) is 2. The van der Waals surface area contributed by atoms with Crippen molar-refractivity contribution in [3.05, 3.63) is 28.5 Å². The summed E-state index contributed by atoms with van der Waals surface area (Å²) in [4.78, 5) is 0. The first-order chi connectivity index (χ1) is 7.63. The Morgan fingerprint density at radius 1 is 1.50 bits per heavy atom. The third-order valence-corrected chi connectivity index (χ3v) is 2.75. The number of benzene rings is 1. The SMILES string of the molecule is CNCCCC(C)Oc1cc(Br)ccc1F. The van der Waals surface area contributed by atoms with Crippen LogP contribution in [-0.2, 0) is 0 Å². The molecule has 90 valence electrons. The minimum absolute atomic E-state index is 0.0251. The first-order valence-electron chi connectivity index (χ1n) is 5.39. The summed E-state index contributed by atoms with van der Waals surface area (Å²) >= 11 is 3.29. The van der Waals surface area contributed by atoms with E-state index in [0.29, 0.717) is 5.75 Å². The highest BCUT2D eigenvalue weighted by Gasteiger charge is 2.08.